The molecule has 0 saturated heterocycles. The average Bonchev–Trinajstić information content (AvgIpc) is 2.49. The molecule has 5 nitrogen and oxygen atoms in total. The Morgan fingerprint density at radius 1 is 1.36 bits per heavy atom. The molecular formula is C20H41N3O2. The van der Waals surface area contributed by atoms with Crippen molar-refractivity contribution in [2.75, 3.05) is 6.54 Å². The van der Waals surface area contributed by atoms with Gasteiger partial charge >= 0.3 is 6.09 Å². The maximum absolute atomic E-state index is 12.3. The Balaban J connectivity index is 2.88. The van der Waals surface area contributed by atoms with E-state index in [-0.39, 0.29) is 5.41 Å². The van der Waals surface area contributed by atoms with Crippen LogP contribution in [-0.2, 0) is 4.74 Å². The summed E-state index contributed by atoms with van der Waals surface area (Å²) in [7, 11) is 0. The number of carbonyl (C=O) groups excluding carboxylic acids is 1. The quantitative estimate of drug-likeness (QED) is 0.423. The number of hydrogen-bond acceptors (Lipinski definition) is 4. The summed E-state index contributed by atoms with van der Waals surface area (Å²) >= 11 is 0. The first-order valence-electron chi connectivity index (χ1n) is 9.95. The van der Waals surface area contributed by atoms with E-state index in [0.717, 1.165) is 25.7 Å². The van der Waals surface area contributed by atoms with Crippen molar-refractivity contribution in [2.45, 2.75) is 98.8 Å². The number of carbonyl (C=O) groups is 1. The number of amides is 1. The number of hydrazine groups is 1. The van der Waals surface area contributed by atoms with Crippen LogP contribution < -0.4 is 11.2 Å². The van der Waals surface area contributed by atoms with Crippen molar-refractivity contribution in [3.8, 4) is 0 Å². The van der Waals surface area contributed by atoms with Crippen LogP contribution >= 0.6 is 0 Å². The number of rotatable bonds is 6. The van der Waals surface area contributed by atoms with Crippen molar-refractivity contribution in [2.24, 2.45) is 23.1 Å². The average molecular weight is 356 g/mol. The standard InChI is InChI=1S/C20H41N3O2/c1-9-16(5)22-17-12-20(10-2,15(4)11-14(17)3)13-23(21)18(24)25-19(6,7)8/h14-17,22H,9-13,21H2,1-8H3. The molecule has 0 aromatic carbocycles. The molecule has 0 aromatic heterocycles. The van der Waals surface area contributed by atoms with Gasteiger partial charge in [-0.15, -0.1) is 0 Å². The van der Waals surface area contributed by atoms with Gasteiger partial charge in [0.05, 0.1) is 0 Å². The fraction of sp³-hybridized carbons (Fsp3) is 0.950. The Hall–Kier alpha value is -0.810. The van der Waals surface area contributed by atoms with Crippen LogP contribution in [0.25, 0.3) is 0 Å². The maximum Gasteiger partial charge on any atom is 0.424 e. The minimum absolute atomic E-state index is 0.0310. The summed E-state index contributed by atoms with van der Waals surface area (Å²) in [6, 6.07) is 0.980. The van der Waals surface area contributed by atoms with Crippen molar-refractivity contribution in [1.82, 2.24) is 10.3 Å². The Morgan fingerprint density at radius 3 is 2.44 bits per heavy atom. The second-order valence-corrected chi connectivity index (χ2v) is 9.22. The number of nitrogens with zero attached hydrogens (tertiary/aromatic N) is 1. The topological polar surface area (TPSA) is 67.6 Å². The van der Waals surface area contributed by atoms with Crippen LogP contribution in [0.3, 0.4) is 0 Å². The molecule has 0 aromatic rings. The van der Waals surface area contributed by atoms with Gasteiger partial charge in [-0.3, -0.25) is 0 Å². The fourth-order valence-electron chi connectivity index (χ4n) is 4.07. The smallest absolute Gasteiger partial charge is 0.424 e. The number of nitrogens with one attached hydrogen (secondary N) is 1. The highest BCUT2D eigenvalue weighted by molar-refractivity contribution is 5.67. The van der Waals surface area contributed by atoms with Crippen LogP contribution in [0.5, 0.6) is 0 Å². The van der Waals surface area contributed by atoms with Crippen LogP contribution in [0.15, 0.2) is 0 Å². The molecule has 1 aliphatic rings. The molecule has 25 heavy (non-hydrogen) atoms. The lowest BCUT2D eigenvalue weighted by Gasteiger charge is -2.50. The predicted octanol–water partition coefficient (Wildman–Crippen LogP) is 4.32. The van der Waals surface area contributed by atoms with Crippen molar-refractivity contribution in [3.05, 3.63) is 0 Å². The highest BCUT2D eigenvalue weighted by Gasteiger charge is 2.45. The van der Waals surface area contributed by atoms with Crippen molar-refractivity contribution >= 4 is 6.09 Å². The molecule has 0 aliphatic heterocycles. The van der Waals surface area contributed by atoms with Gasteiger partial charge in [-0.05, 0) is 70.6 Å². The minimum atomic E-state index is -0.526. The molecule has 3 N–H and O–H groups in total. The molecular weight excluding hydrogens is 314 g/mol. The first-order chi connectivity index (χ1) is 11.4. The van der Waals surface area contributed by atoms with E-state index in [0.29, 0.717) is 30.5 Å². The van der Waals surface area contributed by atoms with Crippen molar-refractivity contribution in [3.63, 3.8) is 0 Å². The molecule has 5 unspecified atom stereocenters. The molecule has 1 rings (SSSR count). The van der Waals surface area contributed by atoms with Gasteiger partial charge < -0.3 is 10.1 Å². The molecule has 1 saturated carbocycles. The van der Waals surface area contributed by atoms with E-state index in [4.69, 9.17) is 10.6 Å². The summed E-state index contributed by atoms with van der Waals surface area (Å²) in [6.45, 7) is 17.5. The van der Waals surface area contributed by atoms with E-state index in [2.05, 4.69) is 39.9 Å². The molecule has 1 amide bonds. The summed E-state index contributed by atoms with van der Waals surface area (Å²) in [5.74, 6) is 7.28. The maximum atomic E-state index is 12.3. The largest absolute Gasteiger partial charge is 0.443 e. The Bertz CT molecular complexity index is 435. The third-order valence-electron chi connectivity index (χ3n) is 6.01. The Labute approximate surface area is 155 Å². The van der Waals surface area contributed by atoms with Gasteiger partial charge in [-0.2, -0.15) is 0 Å². The second kappa shape index (κ2) is 8.72. The second-order valence-electron chi connectivity index (χ2n) is 9.22. The highest BCUT2D eigenvalue weighted by atomic mass is 16.6. The van der Waals surface area contributed by atoms with Crippen LogP contribution in [0.1, 0.15) is 81.1 Å². The molecule has 0 spiro atoms. The van der Waals surface area contributed by atoms with E-state index in [9.17, 15) is 4.79 Å². The van der Waals surface area contributed by atoms with E-state index >= 15 is 0 Å². The van der Waals surface area contributed by atoms with Gasteiger partial charge in [0.1, 0.15) is 5.60 Å². The number of ether oxygens (including phenoxy) is 1. The van der Waals surface area contributed by atoms with Gasteiger partial charge in [0.25, 0.3) is 0 Å². The summed E-state index contributed by atoms with van der Waals surface area (Å²) < 4.78 is 5.44. The SMILES string of the molecule is CCC(C)NC1CC(CC)(CN(N)C(=O)OC(C)(C)C)C(C)CC1C. The summed E-state index contributed by atoms with van der Waals surface area (Å²) in [5.41, 5.74) is -0.495. The molecule has 1 fully saturated rings. The van der Waals surface area contributed by atoms with E-state index in [1.54, 1.807) is 0 Å². The van der Waals surface area contributed by atoms with Gasteiger partial charge in [0.2, 0.25) is 0 Å². The molecule has 148 valence electrons. The number of nitrogens with two attached hydrogens (primary N) is 1. The first-order valence-corrected chi connectivity index (χ1v) is 9.95. The highest BCUT2D eigenvalue weighted by Crippen LogP contribution is 2.46. The summed E-state index contributed by atoms with van der Waals surface area (Å²) in [5, 5.41) is 5.09. The monoisotopic (exact) mass is 355 g/mol. The van der Waals surface area contributed by atoms with Crippen molar-refractivity contribution in [1.29, 1.82) is 0 Å². The lowest BCUT2D eigenvalue weighted by Crippen LogP contribution is -2.56. The first kappa shape index (κ1) is 22.2. The Morgan fingerprint density at radius 2 is 1.96 bits per heavy atom. The number of hydrogen-bond donors (Lipinski definition) is 2. The third-order valence-corrected chi connectivity index (χ3v) is 6.01. The summed E-state index contributed by atoms with van der Waals surface area (Å²) in [4.78, 5) is 12.3. The molecule has 0 heterocycles. The third kappa shape index (κ3) is 6.14. The van der Waals surface area contributed by atoms with Gasteiger partial charge in [0.15, 0.2) is 0 Å². The summed E-state index contributed by atoms with van der Waals surface area (Å²) in [6.07, 6.45) is 3.91. The van der Waals surface area contributed by atoms with E-state index in [1.165, 1.54) is 5.01 Å². The normalized spacial score (nSPS) is 31.5. The lowest BCUT2D eigenvalue weighted by molar-refractivity contribution is -0.0142. The molecule has 1 aliphatic carbocycles. The van der Waals surface area contributed by atoms with Crippen LogP contribution in [0, 0.1) is 17.3 Å². The van der Waals surface area contributed by atoms with Crippen LogP contribution in [0.4, 0.5) is 4.79 Å². The fourth-order valence-corrected chi connectivity index (χ4v) is 4.07. The zero-order valence-corrected chi connectivity index (χ0v) is 17.7. The molecule has 0 bridgehead atoms. The van der Waals surface area contributed by atoms with Gasteiger partial charge in [0, 0.05) is 18.6 Å². The van der Waals surface area contributed by atoms with E-state index < -0.39 is 11.7 Å². The predicted molar refractivity (Wildman–Crippen MR) is 104 cm³/mol. The zero-order valence-electron chi connectivity index (χ0n) is 17.7. The van der Waals surface area contributed by atoms with E-state index in [1.807, 2.05) is 20.8 Å². The lowest BCUT2D eigenvalue weighted by atomic mass is 9.61. The van der Waals surface area contributed by atoms with Crippen LogP contribution in [0.2, 0.25) is 0 Å². The molecule has 0 radical (unpaired) electrons. The minimum Gasteiger partial charge on any atom is -0.443 e. The van der Waals surface area contributed by atoms with Crippen LogP contribution in [-0.4, -0.2) is 35.3 Å². The Kier molecular flexibility index (Phi) is 7.75. The molecule has 5 heteroatoms. The molecule has 5 atom stereocenters. The van der Waals surface area contributed by atoms with Crippen molar-refractivity contribution < 1.29 is 9.53 Å². The van der Waals surface area contributed by atoms with Gasteiger partial charge in [-0.25, -0.2) is 15.6 Å². The zero-order chi connectivity index (χ0) is 19.4. The van der Waals surface area contributed by atoms with Gasteiger partial charge in [-0.1, -0.05) is 27.7 Å².